The first-order chi connectivity index (χ1) is 12.6. The van der Waals surface area contributed by atoms with Crippen LogP contribution in [0.5, 0.6) is 0 Å². The molecule has 0 saturated carbocycles. The number of halogens is 2. The minimum Gasteiger partial charge on any atom is -0.379 e. The van der Waals surface area contributed by atoms with Gasteiger partial charge in [0.25, 0.3) is 0 Å². The molecule has 4 nitrogen and oxygen atoms in total. The summed E-state index contributed by atoms with van der Waals surface area (Å²) in [5.41, 5.74) is 5.43. The molecule has 1 aromatic carbocycles. The van der Waals surface area contributed by atoms with Crippen molar-refractivity contribution in [2.45, 2.75) is 50.9 Å². The lowest BCUT2D eigenvalue weighted by atomic mass is 9.74. The maximum absolute atomic E-state index is 14.5. The summed E-state index contributed by atoms with van der Waals surface area (Å²) in [4.78, 5) is 4.59. The molecule has 1 aromatic rings. The van der Waals surface area contributed by atoms with Crippen LogP contribution in [0.15, 0.2) is 23.2 Å². The smallest absolute Gasteiger partial charge is 0.154 e. The van der Waals surface area contributed by atoms with Crippen LogP contribution in [0.25, 0.3) is 0 Å². The lowest BCUT2D eigenvalue weighted by molar-refractivity contribution is -0.113. The maximum atomic E-state index is 14.5. The largest absolute Gasteiger partial charge is 0.379 e. The van der Waals surface area contributed by atoms with E-state index in [2.05, 4.69) is 4.99 Å². The molecule has 0 radical (unpaired) electrons. The third-order valence-corrected chi connectivity index (χ3v) is 6.18. The molecular formula is C19H26F2N2O2S. The highest BCUT2D eigenvalue weighted by Gasteiger charge is 2.50. The van der Waals surface area contributed by atoms with Crippen LogP contribution in [0.4, 0.5) is 8.78 Å². The number of fused-ring (bicyclic) bond motifs is 1. The van der Waals surface area contributed by atoms with Crippen LogP contribution in [-0.2, 0) is 15.0 Å². The average molecular weight is 384 g/mol. The molecule has 2 saturated heterocycles. The standard InChI is InChI=1S/C17H20F2N2O2S.C2H6/c18-11-3-4-12(13(19)7-11)17-9-23-15(14-2-1-5-22-14)6-10(17)8-24-16(20)21-17;1-2/h3-4,7,10,14-15H,1-2,5-6,8-9H2,(H2,20,21);1-2H3. The number of hydrogen-bond acceptors (Lipinski definition) is 5. The molecule has 3 aliphatic heterocycles. The third kappa shape index (κ3) is 3.62. The molecule has 0 bridgehead atoms. The molecule has 7 heteroatoms. The molecule has 2 N–H and O–H groups in total. The molecule has 4 rings (SSSR count). The Morgan fingerprint density at radius 2 is 2.04 bits per heavy atom. The number of nitrogens with two attached hydrogens (primary N) is 1. The average Bonchev–Trinajstić information content (AvgIpc) is 3.17. The van der Waals surface area contributed by atoms with E-state index in [0.29, 0.717) is 10.7 Å². The number of ether oxygens (including phenoxy) is 2. The van der Waals surface area contributed by atoms with Gasteiger partial charge in [0.2, 0.25) is 0 Å². The molecular weight excluding hydrogens is 358 g/mol. The number of amidine groups is 1. The molecule has 0 spiro atoms. The second-order valence-electron chi connectivity index (χ2n) is 6.64. The van der Waals surface area contributed by atoms with Gasteiger partial charge in [-0.25, -0.2) is 13.8 Å². The lowest BCUT2D eigenvalue weighted by Crippen LogP contribution is -2.52. The van der Waals surface area contributed by atoms with Crippen molar-refractivity contribution in [2.75, 3.05) is 19.0 Å². The Hall–Kier alpha value is -1.18. The normalized spacial score (nSPS) is 33.7. The number of rotatable bonds is 2. The van der Waals surface area contributed by atoms with Crippen molar-refractivity contribution >= 4 is 16.9 Å². The van der Waals surface area contributed by atoms with Gasteiger partial charge in [0.15, 0.2) is 5.17 Å². The van der Waals surface area contributed by atoms with Crippen LogP contribution in [0.1, 0.15) is 38.7 Å². The fraction of sp³-hybridized carbons (Fsp3) is 0.632. The highest BCUT2D eigenvalue weighted by molar-refractivity contribution is 8.13. The summed E-state index contributed by atoms with van der Waals surface area (Å²) in [6.07, 6.45) is 2.89. The second kappa shape index (κ2) is 8.23. The Morgan fingerprint density at radius 1 is 1.23 bits per heavy atom. The van der Waals surface area contributed by atoms with Crippen molar-refractivity contribution in [3.8, 4) is 0 Å². The zero-order valence-electron chi connectivity index (χ0n) is 15.2. The topological polar surface area (TPSA) is 56.8 Å². The highest BCUT2D eigenvalue weighted by Crippen LogP contribution is 2.47. The van der Waals surface area contributed by atoms with E-state index in [4.69, 9.17) is 15.2 Å². The molecule has 144 valence electrons. The van der Waals surface area contributed by atoms with Crippen LogP contribution < -0.4 is 5.73 Å². The van der Waals surface area contributed by atoms with Gasteiger partial charge in [0.05, 0.1) is 18.8 Å². The predicted molar refractivity (Wildman–Crippen MR) is 100 cm³/mol. The van der Waals surface area contributed by atoms with Crippen LogP contribution in [-0.4, -0.2) is 36.3 Å². The quantitative estimate of drug-likeness (QED) is 0.842. The van der Waals surface area contributed by atoms with Crippen molar-refractivity contribution in [3.63, 3.8) is 0 Å². The molecule has 2 fully saturated rings. The van der Waals surface area contributed by atoms with Gasteiger partial charge in [0.1, 0.15) is 17.2 Å². The van der Waals surface area contributed by atoms with Crippen LogP contribution in [0.2, 0.25) is 0 Å². The summed E-state index contributed by atoms with van der Waals surface area (Å²) in [5, 5.41) is 0.425. The number of thioether (sulfide) groups is 1. The number of hydrogen-bond donors (Lipinski definition) is 1. The molecule has 0 aliphatic carbocycles. The Bertz CT molecular complexity index is 667. The Labute approximate surface area is 157 Å². The first kappa shape index (κ1) is 19.6. The first-order valence-electron chi connectivity index (χ1n) is 9.25. The summed E-state index contributed by atoms with van der Waals surface area (Å²) in [6, 6.07) is 3.64. The zero-order chi connectivity index (χ0) is 18.7. The fourth-order valence-electron chi connectivity index (χ4n) is 3.99. The minimum absolute atomic E-state index is 0.00394. The summed E-state index contributed by atoms with van der Waals surface area (Å²) in [6.45, 7) is 5.01. The summed E-state index contributed by atoms with van der Waals surface area (Å²) in [7, 11) is 0. The molecule has 3 heterocycles. The number of aliphatic imine (C=N–C) groups is 1. The molecule has 0 aromatic heterocycles. The first-order valence-corrected chi connectivity index (χ1v) is 10.2. The molecule has 26 heavy (non-hydrogen) atoms. The SMILES string of the molecule is CC.NC1=NC2(c3ccc(F)cc3F)COC(C3CCCO3)CC2CS1. The van der Waals surface area contributed by atoms with E-state index in [9.17, 15) is 8.78 Å². The van der Waals surface area contributed by atoms with Gasteiger partial charge in [-0.3, -0.25) is 0 Å². The van der Waals surface area contributed by atoms with Gasteiger partial charge >= 0.3 is 0 Å². The summed E-state index contributed by atoms with van der Waals surface area (Å²) >= 11 is 1.49. The van der Waals surface area contributed by atoms with E-state index in [1.54, 1.807) is 0 Å². The second-order valence-corrected chi connectivity index (χ2v) is 7.68. The van der Waals surface area contributed by atoms with Crippen LogP contribution in [0.3, 0.4) is 0 Å². The molecule has 4 atom stereocenters. The predicted octanol–water partition coefficient (Wildman–Crippen LogP) is 3.83. The van der Waals surface area contributed by atoms with Gasteiger partial charge in [0, 0.05) is 29.9 Å². The molecule has 4 unspecified atom stereocenters. The van der Waals surface area contributed by atoms with Gasteiger partial charge < -0.3 is 15.2 Å². The fourth-order valence-corrected chi connectivity index (χ4v) is 5.00. The van der Waals surface area contributed by atoms with Gasteiger partial charge in [-0.15, -0.1) is 0 Å². The van der Waals surface area contributed by atoms with E-state index in [0.717, 1.165) is 37.7 Å². The van der Waals surface area contributed by atoms with Crippen molar-refractivity contribution < 1.29 is 18.3 Å². The maximum Gasteiger partial charge on any atom is 0.154 e. The zero-order valence-corrected chi connectivity index (χ0v) is 16.0. The van der Waals surface area contributed by atoms with Gasteiger partial charge in [-0.1, -0.05) is 31.7 Å². The number of nitrogens with zero attached hydrogens (tertiary/aromatic N) is 1. The van der Waals surface area contributed by atoms with Gasteiger partial charge in [-0.05, 0) is 25.3 Å². The summed E-state index contributed by atoms with van der Waals surface area (Å²) in [5.74, 6) is -0.362. The van der Waals surface area contributed by atoms with Crippen molar-refractivity contribution in [1.82, 2.24) is 0 Å². The van der Waals surface area contributed by atoms with E-state index < -0.39 is 17.2 Å². The Morgan fingerprint density at radius 3 is 2.73 bits per heavy atom. The third-order valence-electron chi connectivity index (χ3n) is 5.23. The molecule has 3 aliphatic rings. The number of benzene rings is 1. The van der Waals surface area contributed by atoms with Crippen molar-refractivity contribution in [1.29, 1.82) is 0 Å². The summed E-state index contributed by atoms with van der Waals surface area (Å²) < 4.78 is 39.6. The monoisotopic (exact) mass is 384 g/mol. The van der Waals surface area contributed by atoms with Crippen LogP contribution >= 0.6 is 11.8 Å². The van der Waals surface area contributed by atoms with E-state index in [-0.39, 0.29) is 24.7 Å². The van der Waals surface area contributed by atoms with E-state index >= 15 is 0 Å². The Kier molecular flexibility index (Phi) is 6.20. The highest BCUT2D eigenvalue weighted by atomic mass is 32.2. The van der Waals surface area contributed by atoms with E-state index in [1.807, 2.05) is 13.8 Å². The van der Waals surface area contributed by atoms with Crippen LogP contribution in [0, 0.1) is 17.6 Å². The van der Waals surface area contributed by atoms with Crippen molar-refractivity contribution in [2.24, 2.45) is 16.6 Å². The van der Waals surface area contributed by atoms with Crippen molar-refractivity contribution in [3.05, 3.63) is 35.4 Å². The Balaban J connectivity index is 0.000000948. The van der Waals surface area contributed by atoms with Gasteiger partial charge in [-0.2, -0.15) is 0 Å². The van der Waals surface area contributed by atoms with E-state index in [1.165, 1.54) is 23.9 Å². The lowest BCUT2D eigenvalue weighted by Gasteiger charge is -2.47. The molecule has 0 amide bonds. The minimum atomic E-state index is -0.873.